The quantitative estimate of drug-likeness (QED) is 0.895. The standard InChI is InChI=1S/C13H17ClN2O2/c14-12-5-4-11(18-12)13(17)15-9-6-8-16-7-2-1-3-10(9)16/h4-5,9-10H,1-3,6-8H2,(H,15,17). The van der Waals surface area contributed by atoms with Crippen molar-refractivity contribution < 1.29 is 9.21 Å². The number of furan rings is 1. The van der Waals surface area contributed by atoms with Crippen molar-refractivity contribution in [1.29, 1.82) is 0 Å². The maximum absolute atomic E-state index is 12.0. The number of halogens is 1. The molecule has 0 aromatic carbocycles. The van der Waals surface area contributed by atoms with Gasteiger partial charge in [0.05, 0.1) is 0 Å². The Hall–Kier alpha value is -1.00. The van der Waals surface area contributed by atoms with Gasteiger partial charge >= 0.3 is 0 Å². The van der Waals surface area contributed by atoms with Gasteiger partial charge in [-0.3, -0.25) is 9.69 Å². The predicted octanol–water partition coefficient (Wildman–Crippen LogP) is 2.29. The number of piperidine rings is 1. The van der Waals surface area contributed by atoms with Crippen LogP contribution in [0.4, 0.5) is 0 Å². The zero-order chi connectivity index (χ0) is 12.5. The van der Waals surface area contributed by atoms with E-state index in [0.717, 1.165) is 13.0 Å². The molecule has 0 bridgehead atoms. The summed E-state index contributed by atoms with van der Waals surface area (Å²) in [5.41, 5.74) is 0. The van der Waals surface area contributed by atoms with Crippen LogP contribution in [0.25, 0.3) is 0 Å². The monoisotopic (exact) mass is 268 g/mol. The number of amides is 1. The maximum atomic E-state index is 12.0. The van der Waals surface area contributed by atoms with Crippen LogP contribution in [0.2, 0.25) is 5.22 Å². The first-order chi connectivity index (χ1) is 8.74. The summed E-state index contributed by atoms with van der Waals surface area (Å²) in [6.45, 7) is 2.26. The third-order valence-corrected chi connectivity index (χ3v) is 4.17. The molecule has 5 heteroatoms. The van der Waals surface area contributed by atoms with Gasteiger partial charge in [-0.05, 0) is 49.5 Å². The highest BCUT2D eigenvalue weighted by atomic mass is 35.5. The van der Waals surface area contributed by atoms with Gasteiger partial charge in [0.25, 0.3) is 5.91 Å². The highest BCUT2D eigenvalue weighted by Gasteiger charge is 2.36. The molecule has 1 amide bonds. The number of hydrogen-bond donors (Lipinski definition) is 1. The molecule has 18 heavy (non-hydrogen) atoms. The van der Waals surface area contributed by atoms with E-state index in [-0.39, 0.29) is 17.2 Å². The first kappa shape index (κ1) is 12.1. The number of nitrogens with zero attached hydrogens (tertiary/aromatic N) is 1. The minimum atomic E-state index is -0.153. The van der Waals surface area contributed by atoms with Crippen LogP contribution in [0.3, 0.4) is 0 Å². The second-order valence-corrected chi connectivity index (χ2v) is 5.44. The largest absolute Gasteiger partial charge is 0.440 e. The molecular formula is C13H17ClN2O2. The van der Waals surface area contributed by atoms with Crippen LogP contribution < -0.4 is 5.32 Å². The fourth-order valence-corrected chi connectivity index (χ4v) is 3.24. The Morgan fingerprint density at radius 3 is 3.00 bits per heavy atom. The van der Waals surface area contributed by atoms with Crippen molar-refractivity contribution in [3.63, 3.8) is 0 Å². The summed E-state index contributed by atoms with van der Waals surface area (Å²) >= 11 is 5.68. The van der Waals surface area contributed by atoms with Crippen LogP contribution in [-0.2, 0) is 0 Å². The normalized spacial score (nSPS) is 28.1. The number of carbonyl (C=O) groups is 1. The Kier molecular flexibility index (Phi) is 3.31. The van der Waals surface area contributed by atoms with Gasteiger partial charge < -0.3 is 9.73 Å². The molecule has 0 aliphatic carbocycles. The molecule has 2 atom stereocenters. The zero-order valence-electron chi connectivity index (χ0n) is 10.2. The highest BCUT2D eigenvalue weighted by molar-refractivity contribution is 6.29. The Balaban J connectivity index is 1.64. The van der Waals surface area contributed by atoms with Gasteiger partial charge in [0, 0.05) is 18.6 Å². The number of carbonyl (C=O) groups excluding carboxylic acids is 1. The average Bonchev–Trinajstić information content (AvgIpc) is 2.97. The van der Waals surface area contributed by atoms with Crippen molar-refractivity contribution >= 4 is 17.5 Å². The highest BCUT2D eigenvalue weighted by Crippen LogP contribution is 2.27. The van der Waals surface area contributed by atoms with Crippen LogP contribution >= 0.6 is 11.6 Å². The van der Waals surface area contributed by atoms with Gasteiger partial charge in [0.2, 0.25) is 0 Å². The molecular weight excluding hydrogens is 252 g/mol. The molecule has 2 saturated heterocycles. The van der Waals surface area contributed by atoms with Crippen molar-refractivity contribution in [2.45, 2.75) is 37.8 Å². The van der Waals surface area contributed by atoms with E-state index < -0.39 is 0 Å². The fourth-order valence-electron chi connectivity index (χ4n) is 3.09. The van der Waals surface area contributed by atoms with Crippen LogP contribution in [0, 0.1) is 0 Å². The smallest absolute Gasteiger partial charge is 0.287 e. The first-order valence-corrected chi connectivity index (χ1v) is 6.92. The summed E-state index contributed by atoms with van der Waals surface area (Å²) in [7, 11) is 0. The van der Waals surface area contributed by atoms with Crippen molar-refractivity contribution in [2.75, 3.05) is 13.1 Å². The summed E-state index contributed by atoms with van der Waals surface area (Å²) in [4.78, 5) is 14.5. The van der Waals surface area contributed by atoms with Crippen molar-refractivity contribution in [1.82, 2.24) is 10.2 Å². The van der Waals surface area contributed by atoms with Crippen molar-refractivity contribution in [2.24, 2.45) is 0 Å². The third kappa shape index (κ3) is 2.27. The fraction of sp³-hybridized carbons (Fsp3) is 0.615. The zero-order valence-corrected chi connectivity index (χ0v) is 10.9. The van der Waals surface area contributed by atoms with Gasteiger partial charge in [-0.2, -0.15) is 0 Å². The van der Waals surface area contributed by atoms with Gasteiger partial charge in [-0.15, -0.1) is 0 Å². The van der Waals surface area contributed by atoms with E-state index in [1.807, 2.05) is 0 Å². The molecule has 3 heterocycles. The second-order valence-electron chi connectivity index (χ2n) is 5.07. The number of rotatable bonds is 2. The average molecular weight is 269 g/mol. The Bertz CT molecular complexity index is 446. The molecule has 4 nitrogen and oxygen atoms in total. The van der Waals surface area contributed by atoms with Crippen molar-refractivity contribution in [3.8, 4) is 0 Å². The summed E-state index contributed by atoms with van der Waals surface area (Å²) in [6, 6.07) is 3.97. The molecule has 2 fully saturated rings. The van der Waals surface area contributed by atoms with E-state index in [1.54, 1.807) is 12.1 Å². The predicted molar refractivity (Wildman–Crippen MR) is 68.8 cm³/mol. The lowest BCUT2D eigenvalue weighted by molar-refractivity contribution is 0.0887. The molecule has 1 aromatic heterocycles. The van der Waals surface area contributed by atoms with E-state index in [4.69, 9.17) is 16.0 Å². The number of fused-ring (bicyclic) bond motifs is 1. The summed E-state index contributed by atoms with van der Waals surface area (Å²) in [6.07, 6.45) is 4.76. The van der Waals surface area contributed by atoms with Gasteiger partial charge in [-0.25, -0.2) is 0 Å². The van der Waals surface area contributed by atoms with E-state index in [2.05, 4.69) is 10.2 Å². The summed E-state index contributed by atoms with van der Waals surface area (Å²) < 4.78 is 5.13. The third-order valence-electron chi connectivity index (χ3n) is 3.97. The summed E-state index contributed by atoms with van der Waals surface area (Å²) in [5, 5.41) is 3.33. The number of hydrogen-bond acceptors (Lipinski definition) is 3. The molecule has 0 spiro atoms. The molecule has 0 radical (unpaired) electrons. The van der Waals surface area contributed by atoms with Crippen molar-refractivity contribution in [3.05, 3.63) is 23.1 Å². The SMILES string of the molecule is O=C(NC1CCN2CCCCC12)c1ccc(Cl)o1. The number of nitrogens with one attached hydrogen (secondary N) is 1. The Morgan fingerprint density at radius 1 is 1.33 bits per heavy atom. The lowest BCUT2D eigenvalue weighted by Crippen LogP contribution is -2.46. The van der Waals surface area contributed by atoms with E-state index in [9.17, 15) is 4.79 Å². The Morgan fingerprint density at radius 2 is 2.22 bits per heavy atom. The maximum Gasteiger partial charge on any atom is 0.287 e. The van der Waals surface area contributed by atoms with Gasteiger partial charge in [-0.1, -0.05) is 6.42 Å². The molecule has 1 aromatic rings. The van der Waals surface area contributed by atoms with E-state index in [0.29, 0.717) is 11.8 Å². The van der Waals surface area contributed by atoms with Crippen LogP contribution in [-0.4, -0.2) is 36.0 Å². The topological polar surface area (TPSA) is 45.5 Å². The molecule has 3 rings (SSSR count). The minimum absolute atomic E-state index is 0.153. The lowest BCUT2D eigenvalue weighted by Gasteiger charge is -2.32. The minimum Gasteiger partial charge on any atom is -0.440 e. The Labute approximate surface area is 111 Å². The van der Waals surface area contributed by atoms with E-state index >= 15 is 0 Å². The molecule has 1 N–H and O–H groups in total. The second kappa shape index (κ2) is 4.94. The first-order valence-electron chi connectivity index (χ1n) is 6.54. The van der Waals surface area contributed by atoms with Crippen LogP contribution in [0.1, 0.15) is 36.2 Å². The van der Waals surface area contributed by atoms with Crippen LogP contribution in [0.5, 0.6) is 0 Å². The van der Waals surface area contributed by atoms with Gasteiger partial charge in [0.15, 0.2) is 11.0 Å². The molecule has 0 saturated carbocycles. The molecule has 2 unspecified atom stereocenters. The van der Waals surface area contributed by atoms with Gasteiger partial charge in [0.1, 0.15) is 0 Å². The summed E-state index contributed by atoms with van der Waals surface area (Å²) in [5.74, 6) is 0.147. The molecule has 2 aliphatic heterocycles. The van der Waals surface area contributed by atoms with Crippen LogP contribution in [0.15, 0.2) is 16.5 Å². The molecule has 2 aliphatic rings. The van der Waals surface area contributed by atoms with E-state index in [1.165, 1.54) is 25.8 Å². The molecule has 98 valence electrons. The lowest BCUT2D eigenvalue weighted by atomic mass is 9.99.